The van der Waals surface area contributed by atoms with E-state index in [-0.39, 0.29) is 28.6 Å². The Morgan fingerprint density at radius 2 is 1.60 bits per heavy atom. The van der Waals surface area contributed by atoms with Crippen molar-refractivity contribution in [2.24, 2.45) is 0 Å². The van der Waals surface area contributed by atoms with E-state index < -0.39 is 22.0 Å². The number of amides is 2. The molecular formula is C31H33F3N6O7S. The lowest BCUT2D eigenvalue weighted by molar-refractivity contribution is -0.192. The molecule has 0 aliphatic carbocycles. The maximum absolute atomic E-state index is 13.9. The Labute approximate surface area is 274 Å². The van der Waals surface area contributed by atoms with E-state index in [1.807, 2.05) is 48.9 Å². The van der Waals surface area contributed by atoms with Gasteiger partial charge < -0.3 is 24.2 Å². The van der Waals surface area contributed by atoms with Crippen molar-refractivity contribution in [1.82, 2.24) is 24.2 Å². The highest BCUT2D eigenvalue weighted by Crippen LogP contribution is 2.31. The van der Waals surface area contributed by atoms with Gasteiger partial charge in [-0.05, 0) is 68.8 Å². The van der Waals surface area contributed by atoms with E-state index in [0.29, 0.717) is 42.2 Å². The van der Waals surface area contributed by atoms with Crippen LogP contribution in [0, 0.1) is 0 Å². The molecule has 5 rings (SSSR count). The van der Waals surface area contributed by atoms with Gasteiger partial charge in [-0.2, -0.15) is 18.3 Å². The number of methoxy groups -OCH3 is 1. The van der Waals surface area contributed by atoms with E-state index in [0.717, 1.165) is 17.8 Å². The van der Waals surface area contributed by atoms with E-state index in [1.54, 1.807) is 54.3 Å². The second kappa shape index (κ2) is 13.9. The van der Waals surface area contributed by atoms with Crippen LogP contribution in [0.25, 0.3) is 11.4 Å². The van der Waals surface area contributed by atoms with E-state index >= 15 is 0 Å². The lowest BCUT2D eigenvalue weighted by Crippen LogP contribution is -2.39. The van der Waals surface area contributed by atoms with Gasteiger partial charge in [0.2, 0.25) is 5.91 Å². The molecule has 48 heavy (non-hydrogen) atoms. The Kier molecular flexibility index (Phi) is 10.3. The summed E-state index contributed by atoms with van der Waals surface area (Å²) in [5, 5.41) is 11.4. The van der Waals surface area contributed by atoms with Gasteiger partial charge in [-0.3, -0.25) is 9.59 Å². The zero-order valence-electron chi connectivity index (χ0n) is 26.6. The molecule has 1 aliphatic heterocycles. The fourth-order valence-electron chi connectivity index (χ4n) is 5.07. The predicted octanol–water partition coefficient (Wildman–Crippen LogP) is 4.06. The fraction of sp³-hybridized carbons (Fsp3) is 0.323. The summed E-state index contributed by atoms with van der Waals surface area (Å²) >= 11 is 0. The molecule has 0 spiro atoms. The van der Waals surface area contributed by atoms with Crippen LogP contribution in [0.5, 0.6) is 5.75 Å². The molecule has 0 saturated heterocycles. The monoisotopic (exact) mass is 690 g/mol. The first-order valence-electron chi connectivity index (χ1n) is 14.4. The van der Waals surface area contributed by atoms with Crippen molar-refractivity contribution in [3.05, 3.63) is 78.0 Å². The highest BCUT2D eigenvalue weighted by atomic mass is 32.2. The molecular weight excluding hydrogens is 657 g/mol. The molecule has 0 fully saturated rings. The number of hydrogen-bond acceptors (Lipinski definition) is 8. The van der Waals surface area contributed by atoms with Crippen molar-refractivity contribution in [2.45, 2.75) is 51.0 Å². The van der Waals surface area contributed by atoms with E-state index in [1.165, 1.54) is 4.68 Å². The third-order valence-electron chi connectivity index (χ3n) is 7.39. The van der Waals surface area contributed by atoms with Crippen molar-refractivity contribution in [1.29, 1.82) is 0 Å². The average Bonchev–Trinajstić information content (AvgIpc) is 3.65. The molecule has 1 aliphatic rings. The van der Waals surface area contributed by atoms with Gasteiger partial charge in [0.25, 0.3) is 5.91 Å². The first-order valence-corrected chi connectivity index (χ1v) is 16.3. The second-order valence-corrected chi connectivity index (χ2v) is 12.9. The van der Waals surface area contributed by atoms with Crippen molar-refractivity contribution < 1.29 is 45.8 Å². The number of ether oxygens (including phenoxy) is 1. The highest BCUT2D eigenvalue weighted by Gasteiger charge is 2.38. The van der Waals surface area contributed by atoms with Crippen LogP contribution in [0.3, 0.4) is 0 Å². The van der Waals surface area contributed by atoms with Crippen LogP contribution in [-0.4, -0.2) is 87.7 Å². The first-order chi connectivity index (χ1) is 22.4. The maximum atomic E-state index is 13.9. The summed E-state index contributed by atoms with van der Waals surface area (Å²) in [5.41, 5.74) is 2.70. The van der Waals surface area contributed by atoms with Crippen LogP contribution in [0.1, 0.15) is 42.6 Å². The van der Waals surface area contributed by atoms with E-state index in [2.05, 4.69) is 10.1 Å². The summed E-state index contributed by atoms with van der Waals surface area (Å²) in [5.74, 6) is -1.77. The minimum absolute atomic E-state index is 0.0270. The molecule has 0 saturated carbocycles. The minimum Gasteiger partial charge on any atom is -0.497 e. The molecule has 3 heterocycles. The van der Waals surface area contributed by atoms with Crippen LogP contribution in [-0.2, 0) is 32.4 Å². The lowest BCUT2D eigenvalue weighted by atomic mass is 10.1. The molecule has 0 radical (unpaired) electrons. The molecule has 1 N–H and O–H groups in total. The van der Waals surface area contributed by atoms with Crippen molar-refractivity contribution in [3.8, 4) is 17.1 Å². The molecule has 2 aromatic carbocycles. The zero-order chi connectivity index (χ0) is 35.6. The van der Waals surface area contributed by atoms with Gasteiger partial charge >= 0.3 is 12.1 Å². The van der Waals surface area contributed by atoms with Crippen LogP contribution in [0.15, 0.2) is 66.0 Å². The summed E-state index contributed by atoms with van der Waals surface area (Å²) in [4.78, 5) is 42.7. The number of nitrogens with zero attached hydrogens (tertiary/aromatic N) is 6. The number of sulfone groups is 1. The molecule has 0 bridgehead atoms. The van der Waals surface area contributed by atoms with Crippen LogP contribution < -0.4 is 9.64 Å². The third kappa shape index (κ3) is 7.67. The number of fused-ring (bicyclic) bond motifs is 1. The van der Waals surface area contributed by atoms with E-state index in [4.69, 9.17) is 14.6 Å². The Balaban J connectivity index is 0.000000671. The van der Waals surface area contributed by atoms with Crippen LogP contribution in [0.4, 0.5) is 18.9 Å². The van der Waals surface area contributed by atoms with Gasteiger partial charge in [0.15, 0.2) is 14.9 Å². The smallest absolute Gasteiger partial charge is 0.490 e. The number of imidazole rings is 1. The van der Waals surface area contributed by atoms with Crippen molar-refractivity contribution in [2.75, 3.05) is 24.8 Å². The van der Waals surface area contributed by atoms with Gasteiger partial charge in [0.1, 0.15) is 17.3 Å². The second-order valence-electron chi connectivity index (χ2n) is 11.0. The minimum atomic E-state index is -5.08. The molecule has 256 valence electrons. The van der Waals surface area contributed by atoms with Gasteiger partial charge in [0.05, 0.1) is 19.3 Å². The van der Waals surface area contributed by atoms with Crippen LogP contribution in [0.2, 0.25) is 0 Å². The Morgan fingerprint density at radius 1 is 1.04 bits per heavy atom. The van der Waals surface area contributed by atoms with Gasteiger partial charge in [-0.25, -0.2) is 22.9 Å². The Hall–Kier alpha value is -5.19. The molecule has 17 heteroatoms. The number of aromatic nitrogens is 4. The summed E-state index contributed by atoms with van der Waals surface area (Å²) in [6, 6.07) is 14.4. The topological polar surface area (TPSA) is 157 Å². The Bertz CT molecular complexity index is 1920. The highest BCUT2D eigenvalue weighted by molar-refractivity contribution is 7.90. The number of carbonyl (C=O) groups is 3. The first kappa shape index (κ1) is 35.7. The number of carboxylic acids is 1. The number of carbonyl (C=O) groups excluding carboxylic acids is 2. The van der Waals surface area contributed by atoms with Gasteiger partial charge in [-0.1, -0.05) is 0 Å². The van der Waals surface area contributed by atoms with Gasteiger partial charge in [0, 0.05) is 55.1 Å². The SMILES string of the molecule is COc1ccc(-n2nc(S(C)(=O)=O)c3c2C(=O)N(c2ccc(-n4ccnc4CN(C(C)=O)C(C)C)cc2)CC3)cc1.O=C(O)C(F)(F)F. The zero-order valence-corrected chi connectivity index (χ0v) is 27.4. The van der Waals surface area contributed by atoms with Crippen LogP contribution >= 0.6 is 0 Å². The molecule has 13 nitrogen and oxygen atoms in total. The fourth-order valence-corrected chi connectivity index (χ4v) is 5.95. The largest absolute Gasteiger partial charge is 0.497 e. The third-order valence-corrected chi connectivity index (χ3v) is 8.42. The van der Waals surface area contributed by atoms with Crippen molar-refractivity contribution in [3.63, 3.8) is 0 Å². The number of aliphatic carboxylic acids is 1. The standard InChI is InChI=1S/C29H32N6O5S.C2HF3O2/c1-19(2)34(20(3)36)18-26-30-15-17-32(26)21-6-8-22(9-7-21)33-16-14-25-27(29(33)37)35(31-28(25)41(5,38)39)23-10-12-24(40-4)13-11-23;3-2(4,5)1(6)7/h6-13,15,17,19H,14,16,18H2,1-5H3;(H,6,7). The summed E-state index contributed by atoms with van der Waals surface area (Å²) in [7, 11) is -2.11. The number of hydrogen-bond donors (Lipinski definition) is 1. The number of halogens is 3. The molecule has 4 aromatic rings. The number of rotatable bonds is 8. The molecule has 2 aromatic heterocycles. The lowest BCUT2D eigenvalue weighted by Gasteiger charge is -2.28. The molecule has 0 atom stereocenters. The molecule has 2 amide bonds. The van der Waals surface area contributed by atoms with E-state index in [9.17, 15) is 31.2 Å². The number of carboxylic acid groups (broad SMARTS) is 1. The predicted molar refractivity (Wildman–Crippen MR) is 167 cm³/mol. The van der Waals surface area contributed by atoms with Gasteiger partial charge in [-0.15, -0.1) is 0 Å². The Morgan fingerprint density at radius 3 is 2.10 bits per heavy atom. The molecule has 0 unspecified atom stereocenters. The number of anilines is 1. The summed E-state index contributed by atoms with van der Waals surface area (Å²) in [6.45, 7) is 6.14. The quantitative estimate of drug-likeness (QED) is 0.288. The number of alkyl halides is 3. The number of benzene rings is 2. The summed E-state index contributed by atoms with van der Waals surface area (Å²) < 4.78 is 65.4. The average molecular weight is 691 g/mol. The van der Waals surface area contributed by atoms with Crippen molar-refractivity contribution >= 4 is 33.3 Å². The normalized spacial score (nSPS) is 13.1. The summed E-state index contributed by atoms with van der Waals surface area (Å²) in [6.07, 6.45) is -0.119. The maximum Gasteiger partial charge on any atom is 0.490 e.